The normalized spacial score (nSPS) is 10.4. The molecular weight excluding hydrogens is 356 g/mol. The largest absolute Gasteiger partial charge is 0.494 e. The molecule has 2 rings (SSSR count). The molecule has 28 heavy (non-hydrogen) atoms. The highest BCUT2D eigenvalue weighted by Gasteiger charge is 2.04. The monoisotopic (exact) mass is 386 g/mol. The van der Waals surface area contributed by atoms with Crippen molar-refractivity contribution in [2.24, 2.45) is 0 Å². The van der Waals surface area contributed by atoms with Crippen molar-refractivity contribution < 1.29 is 19.0 Å². The molecule has 2 N–H and O–H groups in total. The lowest BCUT2D eigenvalue weighted by molar-refractivity contribution is -0.114. The zero-order valence-corrected chi connectivity index (χ0v) is 16.7. The van der Waals surface area contributed by atoms with Crippen LogP contribution in [0.3, 0.4) is 0 Å². The predicted octanol–water partition coefficient (Wildman–Crippen LogP) is 4.33. The Bertz CT molecular complexity index is 704. The van der Waals surface area contributed by atoms with Crippen molar-refractivity contribution in [3.05, 3.63) is 48.5 Å². The van der Waals surface area contributed by atoms with E-state index in [2.05, 4.69) is 17.6 Å². The topological polar surface area (TPSA) is 68.8 Å². The van der Waals surface area contributed by atoms with E-state index >= 15 is 0 Å². The molecule has 0 atom stereocenters. The standard InChI is InChI=1S/C22H30N2O4/c1-3-5-13-27-20-11-9-18(10-12-20)24-22(25)17-23-19-7-6-8-21(16-19)28-15-14-26-4-2/h6-12,16,23H,3-5,13-15,17H2,1-2H3,(H,24,25). The van der Waals surface area contributed by atoms with Gasteiger partial charge < -0.3 is 24.8 Å². The number of anilines is 2. The number of benzene rings is 2. The summed E-state index contributed by atoms with van der Waals surface area (Å²) in [5, 5.41) is 5.97. The average molecular weight is 386 g/mol. The molecule has 0 saturated carbocycles. The molecule has 152 valence electrons. The van der Waals surface area contributed by atoms with Crippen molar-refractivity contribution in [1.29, 1.82) is 0 Å². The maximum atomic E-state index is 12.2. The van der Waals surface area contributed by atoms with Gasteiger partial charge in [-0.15, -0.1) is 0 Å². The number of carbonyl (C=O) groups is 1. The van der Waals surface area contributed by atoms with Gasteiger partial charge in [-0.25, -0.2) is 0 Å². The first kappa shape index (κ1) is 21.6. The van der Waals surface area contributed by atoms with Crippen molar-refractivity contribution in [2.75, 3.05) is 43.6 Å². The fourth-order valence-corrected chi connectivity index (χ4v) is 2.41. The molecular formula is C22H30N2O4. The van der Waals surface area contributed by atoms with Crippen LogP contribution in [0.15, 0.2) is 48.5 Å². The molecule has 0 aliphatic heterocycles. The Kier molecular flexibility index (Phi) is 9.72. The Hall–Kier alpha value is -2.73. The molecule has 0 saturated heterocycles. The Labute approximate surface area is 167 Å². The molecule has 0 unspecified atom stereocenters. The van der Waals surface area contributed by atoms with Gasteiger partial charge >= 0.3 is 0 Å². The fraction of sp³-hybridized carbons (Fsp3) is 0.409. The highest BCUT2D eigenvalue weighted by molar-refractivity contribution is 5.93. The minimum atomic E-state index is -0.123. The highest BCUT2D eigenvalue weighted by atomic mass is 16.5. The van der Waals surface area contributed by atoms with Crippen LogP contribution in [0, 0.1) is 0 Å². The maximum Gasteiger partial charge on any atom is 0.243 e. The highest BCUT2D eigenvalue weighted by Crippen LogP contribution is 2.18. The molecule has 0 bridgehead atoms. The van der Waals surface area contributed by atoms with Gasteiger partial charge in [0.25, 0.3) is 0 Å². The Balaban J connectivity index is 1.74. The third-order valence-electron chi connectivity index (χ3n) is 3.89. The SMILES string of the molecule is CCCCOc1ccc(NC(=O)CNc2cccc(OCCOCC)c2)cc1. The summed E-state index contributed by atoms with van der Waals surface area (Å²) in [6.07, 6.45) is 2.13. The van der Waals surface area contributed by atoms with Crippen molar-refractivity contribution in [1.82, 2.24) is 0 Å². The van der Waals surface area contributed by atoms with Crippen LogP contribution in [0.1, 0.15) is 26.7 Å². The van der Waals surface area contributed by atoms with Crippen LogP contribution < -0.4 is 20.1 Å². The Morgan fingerprint density at radius 2 is 1.68 bits per heavy atom. The average Bonchev–Trinajstić information content (AvgIpc) is 2.72. The van der Waals surface area contributed by atoms with Crippen LogP contribution in [0.25, 0.3) is 0 Å². The molecule has 6 nitrogen and oxygen atoms in total. The van der Waals surface area contributed by atoms with E-state index in [1.54, 1.807) is 0 Å². The zero-order chi connectivity index (χ0) is 20.0. The van der Waals surface area contributed by atoms with E-state index in [1.807, 2.05) is 55.5 Å². The quantitative estimate of drug-likeness (QED) is 0.502. The summed E-state index contributed by atoms with van der Waals surface area (Å²) in [7, 11) is 0. The lowest BCUT2D eigenvalue weighted by Gasteiger charge is -2.11. The number of hydrogen-bond acceptors (Lipinski definition) is 5. The van der Waals surface area contributed by atoms with E-state index < -0.39 is 0 Å². The molecule has 0 radical (unpaired) electrons. The number of carbonyl (C=O) groups excluding carboxylic acids is 1. The second-order valence-electron chi connectivity index (χ2n) is 6.20. The van der Waals surface area contributed by atoms with Crippen LogP contribution in [-0.2, 0) is 9.53 Å². The van der Waals surface area contributed by atoms with E-state index in [9.17, 15) is 4.79 Å². The predicted molar refractivity (Wildman–Crippen MR) is 112 cm³/mol. The molecule has 2 aromatic rings. The van der Waals surface area contributed by atoms with Gasteiger partial charge in [0.15, 0.2) is 0 Å². The van der Waals surface area contributed by atoms with Crippen LogP contribution in [0.2, 0.25) is 0 Å². The van der Waals surface area contributed by atoms with Crippen molar-refractivity contribution in [2.45, 2.75) is 26.7 Å². The molecule has 0 fully saturated rings. The second-order valence-corrected chi connectivity index (χ2v) is 6.20. The van der Waals surface area contributed by atoms with Crippen LogP contribution in [0.4, 0.5) is 11.4 Å². The van der Waals surface area contributed by atoms with Crippen LogP contribution in [-0.4, -0.2) is 38.9 Å². The van der Waals surface area contributed by atoms with E-state index in [0.717, 1.165) is 35.7 Å². The van der Waals surface area contributed by atoms with Crippen molar-refractivity contribution in [3.63, 3.8) is 0 Å². The summed E-state index contributed by atoms with van der Waals surface area (Å²) in [6.45, 7) is 6.68. The van der Waals surface area contributed by atoms with Gasteiger partial charge in [0, 0.05) is 24.0 Å². The number of hydrogen-bond donors (Lipinski definition) is 2. The van der Waals surface area contributed by atoms with Crippen molar-refractivity contribution in [3.8, 4) is 11.5 Å². The first-order valence-corrected chi connectivity index (χ1v) is 9.78. The molecule has 6 heteroatoms. The number of rotatable bonds is 13. The molecule has 0 aliphatic rings. The lowest BCUT2D eigenvalue weighted by atomic mass is 10.3. The maximum absolute atomic E-state index is 12.2. The first-order valence-electron chi connectivity index (χ1n) is 9.78. The molecule has 0 spiro atoms. The second kappa shape index (κ2) is 12.6. The number of amides is 1. The zero-order valence-electron chi connectivity index (χ0n) is 16.7. The van der Waals surface area contributed by atoms with E-state index in [4.69, 9.17) is 14.2 Å². The molecule has 0 aromatic heterocycles. The van der Waals surface area contributed by atoms with Gasteiger partial charge in [0.1, 0.15) is 18.1 Å². The van der Waals surface area contributed by atoms with Gasteiger partial charge in [-0.05, 0) is 49.7 Å². The van der Waals surface area contributed by atoms with Crippen LogP contribution >= 0.6 is 0 Å². The van der Waals surface area contributed by atoms with Crippen LogP contribution in [0.5, 0.6) is 11.5 Å². The van der Waals surface area contributed by atoms with Gasteiger partial charge in [-0.2, -0.15) is 0 Å². The van der Waals surface area contributed by atoms with Gasteiger partial charge in [-0.1, -0.05) is 19.4 Å². The first-order chi connectivity index (χ1) is 13.7. The molecule has 0 aliphatic carbocycles. The summed E-state index contributed by atoms with van der Waals surface area (Å²) in [5.74, 6) is 1.43. The summed E-state index contributed by atoms with van der Waals surface area (Å²) in [4.78, 5) is 12.2. The smallest absolute Gasteiger partial charge is 0.243 e. The van der Waals surface area contributed by atoms with Gasteiger partial charge in [0.2, 0.25) is 5.91 Å². The molecule has 1 amide bonds. The number of nitrogens with one attached hydrogen (secondary N) is 2. The van der Waals surface area contributed by atoms with E-state index in [1.165, 1.54) is 0 Å². The lowest BCUT2D eigenvalue weighted by Crippen LogP contribution is -2.21. The van der Waals surface area contributed by atoms with Gasteiger partial charge in [0.05, 0.1) is 19.8 Å². The van der Waals surface area contributed by atoms with E-state index in [-0.39, 0.29) is 12.5 Å². The third kappa shape index (κ3) is 8.31. The minimum absolute atomic E-state index is 0.123. The number of ether oxygens (including phenoxy) is 3. The Morgan fingerprint density at radius 1 is 0.893 bits per heavy atom. The summed E-state index contributed by atoms with van der Waals surface area (Å²) in [5.41, 5.74) is 1.56. The third-order valence-corrected chi connectivity index (χ3v) is 3.89. The molecule has 0 heterocycles. The minimum Gasteiger partial charge on any atom is -0.494 e. The summed E-state index contributed by atoms with van der Waals surface area (Å²) >= 11 is 0. The Morgan fingerprint density at radius 3 is 2.43 bits per heavy atom. The summed E-state index contributed by atoms with van der Waals surface area (Å²) in [6, 6.07) is 14.9. The molecule has 2 aromatic carbocycles. The number of unbranched alkanes of at least 4 members (excludes halogenated alkanes) is 1. The van der Waals surface area contributed by atoms with Crippen molar-refractivity contribution >= 4 is 17.3 Å². The van der Waals surface area contributed by atoms with E-state index in [0.29, 0.717) is 26.4 Å². The van der Waals surface area contributed by atoms with Gasteiger partial charge in [-0.3, -0.25) is 4.79 Å². The fourth-order valence-electron chi connectivity index (χ4n) is 2.41. The summed E-state index contributed by atoms with van der Waals surface area (Å²) < 4.78 is 16.5.